The number of nitrogens with zero attached hydrogens (tertiary/aromatic N) is 5. The van der Waals surface area contributed by atoms with Crippen LogP contribution in [-0.2, 0) is 6.54 Å². The number of piperazine rings is 1. The van der Waals surface area contributed by atoms with E-state index in [0.29, 0.717) is 0 Å². The second-order valence-electron chi connectivity index (χ2n) is 9.88. The molecule has 0 saturated carbocycles. The summed E-state index contributed by atoms with van der Waals surface area (Å²) >= 11 is 3.74. The van der Waals surface area contributed by atoms with Crippen LogP contribution < -0.4 is 5.32 Å². The molecule has 1 aliphatic rings. The normalized spacial score (nSPS) is 16.0. The van der Waals surface area contributed by atoms with Crippen LogP contribution in [-0.4, -0.2) is 86.3 Å². The number of rotatable bonds is 10. The molecule has 0 spiro atoms. The first-order chi connectivity index (χ1) is 18.0. The van der Waals surface area contributed by atoms with Gasteiger partial charge in [0.25, 0.3) is 0 Å². The van der Waals surface area contributed by atoms with Crippen molar-refractivity contribution in [2.24, 2.45) is 9.98 Å². The Kier molecular flexibility index (Phi) is 10.5. The molecule has 0 bridgehead atoms. The number of para-hydroxylation sites is 1. The lowest BCUT2D eigenvalue weighted by atomic mass is 10.2. The highest BCUT2D eigenvalue weighted by Crippen LogP contribution is 2.32. The highest BCUT2D eigenvalue weighted by molar-refractivity contribution is 7.21. The van der Waals surface area contributed by atoms with Crippen molar-refractivity contribution in [3.63, 3.8) is 0 Å². The number of hydrogen-bond acceptors (Lipinski definition) is 6. The molecule has 6 nitrogen and oxygen atoms in total. The molecule has 8 heteroatoms. The molecule has 1 aromatic carbocycles. The van der Waals surface area contributed by atoms with Crippen molar-refractivity contribution in [3.8, 4) is 9.75 Å². The molecular formula is C29H40N6S2. The van der Waals surface area contributed by atoms with Gasteiger partial charge in [-0.25, -0.2) is 4.99 Å². The lowest BCUT2D eigenvalue weighted by Crippen LogP contribution is -2.48. The van der Waals surface area contributed by atoms with E-state index in [-0.39, 0.29) is 0 Å². The Labute approximate surface area is 230 Å². The zero-order valence-electron chi connectivity index (χ0n) is 22.6. The monoisotopic (exact) mass is 536 g/mol. The molecule has 0 amide bonds. The van der Waals surface area contributed by atoms with Crippen LogP contribution in [0.15, 0.2) is 63.9 Å². The third kappa shape index (κ3) is 8.86. The summed E-state index contributed by atoms with van der Waals surface area (Å²) in [5.74, 6) is 1.81. The average Bonchev–Trinajstić information content (AvgIpc) is 3.57. The van der Waals surface area contributed by atoms with Crippen LogP contribution in [0.1, 0.15) is 23.8 Å². The first kappa shape index (κ1) is 27.7. The second kappa shape index (κ2) is 14.0. The predicted octanol–water partition coefficient (Wildman–Crippen LogP) is 5.78. The number of benzene rings is 1. The highest BCUT2D eigenvalue weighted by Gasteiger charge is 2.19. The van der Waals surface area contributed by atoms with Gasteiger partial charge in [0, 0.05) is 59.6 Å². The minimum atomic E-state index is 0.800. The van der Waals surface area contributed by atoms with Crippen LogP contribution in [0, 0.1) is 6.92 Å². The summed E-state index contributed by atoms with van der Waals surface area (Å²) in [4.78, 5) is 21.1. The molecule has 0 atom stereocenters. The number of hydrogen-bond donors (Lipinski definition) is 1. The van der Waals surface area contributed by atoms with E-state index in [0.717, 1.165) is 76.1 Å². The SMILES string of the molecule is CC(=NCCCN(C)C)N=C(CN1CCN(Cc2ccc(-c3cccs3)s2)CC1)Nc1ccccc1C. The van der Waals surface area contributed by atoms with E-state index in [1.807, 2.05) is 29.6 Å². The summed E-state index contributed by atoms with van der Waals surface area (Å²) in [6, 6.07) is 17.3. The van der Waals surface area contributed by atoms with Gasteiger partial charge < -0.3 is 10.2 Å². The maximum absolute atomic E-state index is 4.93. The lowest BCUT2D eigenvalue weighted by Gasteiger charge is -2.34. The molecule has 1 saturated heterocycles. The molecule has 1 fully saturated rings. The van der Waals surface area contributed by atoms with E-state index < -0.39 is 0 Å². The number of amidine groups is 2. The van der Waals surface area contributed by atoms with Crippen LogP contribution in [0.5, 0.6) is 0 Å². The maximum Gasteiger partial charge on any atom is 0.122 e. The van der Waals surface area contributed by atoms with Crippen molar-refractivity contribution in [1.29, 1.82) is 0 Å². The van der Waals surface area contributed by atoms with Crippen molar-refractivity contribution in [2.45, 2.75) is 26.8 Å². The summed E-state index contributed by atoms with van der Waals surface area (Å²) in [7, 11) is 4.20. The number of aliphatic imine (C=N–C) groups is 2. The van der Waals surface area contributed by atoms with Gasteiger partial charge in [-0.3, -0.25) is 14.8 Å². The summed E-state index contributed by atoms with van der Waals surface area (Å²) < 4.78 is 0. The van der Waals surface area contributed by atoms with Gasteiger partial charge in [-0.2, -0.15) is 0 Å². The summed E-state index contributed by atoms with van der Waals surface area (Å²) in [6.45, 7) is 12.0. The van der Waals surface area contributed by atoms with Crippen LogP contribution in [0.3, 0.4) is 0 Å². The van der Waals surface area contributed by atoms with Gasteiger partial charge >= 0.3 is 0 Å². The predicted molar refractivity (Wildman–Crippen MR) is 163 cm³/mol. The Morgan fingerprint density at radius 3 is 2.49 bits per heavy atom. The number of nitrogens with one attached hydrogen (secondary N) is 1. The molecule has 0 aliphatic carbocycles. The van der Waals surface area contributed by atoms with Crippen LogP contribution in [0.4, 0.5) is 5.69 Å². The van der Waals surface area contributed by atoms with Crippen LogP contribution in [0.25, 0.3) is 9.75 Å². The Morgan fingerprint density at radius 2 is 1.76 bits per heavy atom. The van der Waals surface area contributed by atoms with Crippen molar-refractivity contribution < 1.29 is 0 Å². The second-order valence-corrected chi connectivity index (χ2v) is 12.0. The van der Waals surface area contributed by atoms with E-state index >= 15 is 0 Å². The largest absolute Gasteiger partial charge is 0.342 e. The molecule has 0 radical (unpaired) electrons. The van der Waals surface area contributed by atoms with Crippen molar-refractivity contribution in [3.05, 3.63) is 64.4 Å². The number of aryl methyl sites for hydroxylation is 1. The minimum absolute atomic E-state index is 0.800. The fraction of sp³-hybridized carbons (Fsp3) is 0.448. The van der Waals surface area contributed by atoms with Gasteiger partial charge in [0.1, 0.15) is 11.7 Å². The molecule has 3 heterocycles. The quantitative estimate of drug-likeness (QED) is 0.203. The fourth-order valence-electron chi connectivity index (χ4n) is 4.38. The number of thiophene rings is 2. The van der Waals surface area contributed by atoms with Crippen molar-refractivity contribution >= 4 is 40.0 Å². The zero-order chi connectivity index (χ0) is 26.0. The van der Waals surface area contributed by atoms with Gasteiger partial charge in [0.2, 0.25) is 0 Å². The Balaban J connectivity index is 1.34. The molecule has 198 valence electrons. The van der Waals surface area contributed by atoms with Gasteiger partial charge in [-0.1, -0.05) is 24.3 Å². The number of anilines is 1. The molecule has 3 aromatic rings. The third-order valence-corrected chi connectivity index (χ3v) is 8.60. The Morgan fingerprint density at radius 1 is 0.973 bits per heavy atom. The Bertz CT molecular complexity index is 1160. The minimum Gasteiger partial charge on any atom is -0.342 e. The van der Waals surface area contributed by atoms with Gasteiger partial charge in [0.05, 0.1) is 6.54 Å². The third-order valence-electron chi connectivity index (χ3n) is 6.47. The smallest absolute Gasteiger partial charge is 0.122 e. The van der Waals surface area contributed by atoms with E-state index in [1.165, 1.54) is 20.2 Å². The van der Waals surface area contributed by atoms with E-state index in [1.54, 1.807) is 0 Å². The summed E-state index contributed by atoms with van der Waals surface area (Å²) in [5.41, 5.74) is 2.33. The zero-order valence-corrected chi connectivity index (χ0v) is 24.2. The molecule has 2 aromatic heterocycles. The molecule has 37 heavy (non-hydrogen) atoms. The molecule has 0 unspecified atom stereocenters. The highest BCUT2D eigenvalue weighted by atomic mass is 32.1. The first-order valence-corrected chi connectivity index (χ1v) is 14.8. The van der Waals surface area contributed by atoms with E-state index in [2.05, 4.69) is 94.9 Å². The van der Waals surface area contributed by atoms with Gasteiger partial charge in [-0.05, 0) is 76.1 Å². The van der Waals surface area contributed by atoms with Gasteiger partial charge in [0.15, 0.2) is 0 Å². The van der Waals surface area contributed by atoms with Crippen LogP contribution in [0.2, 0.25) is 0 Å². The van der Waals surface area contributed by atoms with Gasteiger partial charge in [-0.15, -0.1) is 22.7 Å². The molecular weight excluding hydrogens is 496 g/mol. The molecule has 1 aliphatic heterocycles. The Hall–Kier alpha value is -2.36. The summed E-state index contributed by atoms with van der Waals surface area (Å²) in [5, 5.41) is 5.76. The van der Waals surface area contributed by atoms with Crippen molar-refractivity contribution in [2.75, 3.05) is 65.2 Å². The first-order valence-electron chi connectivity index (χ1n) is 13.1. The fourth-order valence-corrected chi connectivity index (χ4v) is 6.27. The average molecular weight is 537 g/mol. The maximum atomic E-state index is 4.93. The van der Waals surface area contributed by atoms with E-state index in [9.17, 15) is 0 Å². The van der Waals surface area contributed by atoms with Crippen LogP contribution >= 0.6 is 22.7 Å². The summed E-state index contributed by atoms with van der Waals surface area (Å²) in [6.07, 6.45) is 1.04. The standard InChI is InChI=1S/C29H40N6S2/c1-23-9-5-6-10-26(23)32-29(31-24(2)30-14-8-15-33(3)4)22-35-18-16-34(17-19-35)21-25-12-13-28(37-25)27-11-7-20-36-27/h5-7,9-13,20H,8,14-19,21-22H2,1-4H3,(H,30,31,32). The molecule has 1 N–H and O–H groups in total. The van der Waals surface area contributed by atoms with E-state index in [4.69, 9.17) is 9.98 Å². The molecule has 4 rings (SSSR count). The van der Waals surface area contributed by atoms with Crippen molar-refractivity contribution in [1.82, 2.24) is 14.7 Å². The topological polar surface area (TPSA) is 46.5 Å². The lowest BCUT2D eigenvalue weighted by molar-refractivity contribution is 0.141.